The van der Waals surface area contributed by atoms with E-state index in [9.17, 15) is 9.59 Å². The van der Waals surface area contributed by atoms with E-state index in [-0.39, 0.29) is 30.4 Å². The van der Waals surface area contributed by atoms with Crippen LogP contribution in [-0.4, -0.2) is 24.6 Å². The average Bonchev–Trinajstić information content (AvgIpc) is 2.51. The minimum Gasteiger partial charge on any atom is -0.466 e. The van der Waals surface area contributed by atoms with Crippen LogP contribution < -0.4 is 0 Å². The van der Waals surface area contributed by atoms with Gasteiger partial charge in [-0.3, -0.25) is 9.59 Å². The Hall–Kier alpha value is -1.06. The molecule has 0 spiro atoms. The normalized spacial score (nSPS) is 20.4. The van der Waals surface area contributed by atoms with E-state index in [4.69, 9.17) is 9.47 Å². The van der Waals surface area contributed by atoms with Crippen LogP contribution in [0.2, 0.25) is 0 Å². The number of hydrogen-bond donors (Lipinski definition) is 0. The molecule has 4 nitrogen and oxygen atoms in total. The molecule has 0 amide bonds. The molecular formula is C18H32O4. The standard InChI is InChI=1S/C18H32O4/c1-3-5-7-9-11-13-21-17(19)14-15-16(22-18(15)20)12-10-8-6-4-2/h15-16H,3-14H2,1-2H3. The topological polar surface area (TPSA) is 52.6 Å². The molecule has 1 heterocycles. The van der Waals surface area contributed by atoms with Crippen LogP contribution in [0.5, 0.6) is 0 Å². The molecule has 22 heavy (non-hydrogen) atoms. The van der Waals surface area contributed by atoms with E-state index in [2.05, 4.69) is 13.8 Å². The van der Waals surface area contributed by atoms with Gasteiger partial charge in [0.1, 0.15) is 12.0 Å². The van der Waals surface area contributed by atoms with Crippen molar-refractivity contribution >= 4 is 11.9 Å². The van der Waals surface area contributed by atoms with E-state index < -0.39 is 0 Å². The van der Waals surface area contributed by atoms with Gasteiger partial charge < -0.3 is 9.47 Å². The Bertz CT molecular complexity index is 327. The summed E-state index contributed by atoms with van der Waals surface area (Å²) in [6, 6.07) is 0. The van der Waals surface area contributed by atoms with Crippen LogP contribution in [0.4, 0.5) is 0 Å². The minimum atomic E-state index is -0.269. The van der Waals surface area contributed by atoms with Gasteiger partial charge in [-0.05, 0) is 19.3 Å². The zero-order valence-corrected chi connectivity index (χ0v) is 14.3. The minimum absolute atomic E-state index is 0.0681. The maximum Gasteiger partial charge on any atom is 0.313 e. The van der Waals surface area contributed by atoms with Gasteiger partial charge in [-0.1, -0.05) is 58.8 Å². The predicted octanol–water partition coefficient (Wildman–Crippen LogP) is 4.40. The fourth-order valence-corrected chi connectivity index (χ4v) is 2.78. The van der Waals surface area contributed by atoms with Crippen LogP contribution in [0.15, 0.2) is 0 Å². The Morgan fingerprint density at radius 3 is 2.27 bits per heavy atom. The van der Waals surface area contributed by atoms with Crippen LogP contribution in [0.1, 0.15) is 84.5 Å². The molecule has 128 valence electrons. The largest absolute Gasteiger partial charge is 0.466 e. The highest BCUT2D eigenvalue weighted by atomic mass is 16.6. The molecule has 4 heteroatoms. The number of unbranched alkanes of at least 4 members (excludes halogenated alkanes) is 7. The van der Waals surface area contributed by atoms with Gasteiger partial charge in [-0.2, -0.15) is 0 Å². The lowest BCUT2D eigenvalue weighted by Gasteiger charge is -2.34. The molecule has 0 aromatic carbocycles. The van der Waals surface area contributed by atoms with Crippen molar-refractivity contribution in [2.24, 2.45) is 5.92 Å². The Morgan fingerprint density at radius 1 is 1.00 bits per heavy atom. The van der Waals surface area contributed by atoms with Crippen LogP contribution in [0.25, 0.3) is 0 Å². The van der Waals surface area contributed by atoms with Crippen molar-refractivity contribution in [3.63, 3.8) is 0 Å². The quantitative estimate of drug-likeness (QED) is 0.373. The third-order valence-electron chi connectivity index (χ3n) is 4.26. The molecular weight excluding hydrogens is 280 g/mol. The maximum atomic E-state index is 11.8. The number of esters is 2. The zero-order valence-electron chi connectivity index (χ0n) is 14.3. The number of ether oxygens (including phenoxy) is 2. The Kier molecular flexibility index (Phi) is 9.93. The average molecular weight is 312 g/mol. The van der Waals surface area contributed by atoms with Crippen molar-refractivity contribution in [1.82, 2.24) is 0 Å². The van der Waals surface area contributed by atoms with Gasteiger partial charge in [0.05, 0.1) is 13.0 Å². The summed E-state index contributed by atoms with van der Waals surface area (Å²) in [5, 5.41) is 0. The highest BCUT2D eigenvalue weighted by molar-refractivity contribution is 5.84. The third kappa shape index (κ3) is 7.28. The number of rotatable bonds is 13. The van der Waals surface area contributed by atoms with Gasteiger partial charge in [0.2, 0.25) is 0 Å². The van der Waals surface area contributed by atoms with Crippen LogP contribution >= 0.6 is 0 Å². The lowest BCUT2D eigenvalue weighted by atomic mass is 9.89. The number of carbonyl (C=O) groups is 2. The van der Waals surface area contributed by atoms with Gasteiger partial charge >= 0.3 is 11.9 Å². The van der Waals surface area contributed by atoms with E-state index in [0.717, 1.165) is 25.7 Å². The lowest BCUT2D eigenvalue weighted by molar-refractivity contribution is -0.189. The summed E-state index contributed by atoms with van der Waals surface area (Å²) in [7, 11) is 0. The summed E-state index contributed by atoms with van der Waals surface area (Å²) in [6.45, 7) is 4.83. The SMILES string of the molecule is CCCCCCCOC(=O)CC1C(=O)OC1CCCCCC. The molecule has 0 aliphatic carbocycles. The van der Waals surface area contributed by atoms with E-state index in [1.54, 1.807) is 0 Å². The first-order chi connectivity index (χ1) is 10.7. The number of hydrogen-bond acceptors (Lipinski definition) is 4. The molecule has 2 unspecified atom stereocenters. The highest BCUT2D eigenvalue weighted by Crippen LogP contribution is 2.30. The van der Waals surface area contributed by atoms with Gasteiger partial charge in [0.15, 0.2) is 0 Å². The summed E-state index contributed by atoms with van der Waals surface area (Å²) in [5.74, 6) is -0.759. The van der Waals surface area contributed by atoms with Crippen molar-refractivity contribution in [1.29, 1.82) is 0 Å². The first kappa shape index (κ1) is 19.0. The molecule has 0 radical (unpaired) electrons. The van der Waals surface area contributed by atoms with Crippen LogP contribution in [-0.2, 0) is 19.1 Å². The van der Waals surface area contributed by atoms with Crippen molar-refractivity contribution < 1.29 is 19.1 Å². The fourth-order valence-electron chi connectivity index (χ4n) is 2.78. The summed E-state index contributed by atoms with van der Waals surface area (Å²) in [4.78, 5) is 23.3. The molecule has 0 aromatic rings. The molecule has 0 bridgehead atoms. The van der Waals surface area contributed by atoms with Gasteiger partial charge in [0, 0.05) is 0 Å². The molecule has 1 saturated heterocycles. The van der Waals surface area contributed by atoms with Crippen LogP contribution in [0.3, 0.4) is 0 Å². The van der Waals surface area contributed by atoms with Crippen LogP contribution in [0, 0.1) is 5.92 Å². The zero-order chi connectivity index (χ0) is 16.2. The molecule has 2 atom stereocenters. The second-order valence-electron chi connectivity index (χ2n) is 6.27. The predicted molar refractivity (Wildman–Crippen MR) is 86.5 cm³/mol. The first-order valence-electron chi connectivity index (χ1n) is 9.05. The van der Waals surface area contributed by atoms with Crippen molar-refractivity contribution in [2.45, 2.75) is 90.6 Å². The van der Waals surface area contributed by atoms with E-state index in [1.807, 2.05) is 0 Å². The molecule has 0 N–H and O–H groups in total. The van der Waals surface area contributed by atoms with Gasteiger partial charge in [-0.25, -0.2) is 0 Å². The number of carbonyl (C=O) groups excluding carboxylic acids is 2. The third-order valence-corrected chi connectivity index (χ3v) is 4.26. The monoisotopic (exact) mass is 312 g/mol. The Morgan fingerprint density at radius 2 is 1.64 bits per heavy atom. The Balaban J connectivity index is 2.09. The van der Waals surface area contributed by atoms with E-state index in [0.29, 0.717) is 6.61 Å². The Labute approximate surface area is 134 Å². The van der Waals surface area contributed by atoms with E-state index in [1.165, 1.54) is 38.5 Å². The van der Waals surface area contributed by atoms with Gasteiger partial charge in [-0.15, -0.1) is 0 Å². The smallest absolute Gasteiger partial charge is 0.313 e. The van der Waals surface area contributed by atoms with Gasteiger partial charge in [0.25, 0.3) is 0 Å². The number of cyclic esters (lactones) is 1. The molecule has 1 fully saturated rings. The molecule has 1 rings (SSSR count). The lowest BCUT2D eigenvalue weighted by Crippen LogP contribution is -2.46. The molecule has 1 aliphatic rings. The fraction of sp³-hybridized carbons (Fsp3) is 0.889. The summed E-state index contributed by atoms with van der Waals surface area (Å²) in [5.41, 5.74) is 0. The second kappa shape index (κ2) is 11.5. The maximum absolute atomic E-state index is 11.8. The summed E-state index contributed by atoms with van der Waals surface area (Å²) in [6.07, 6.45) is 11.3. The van der Waals surface area contributed by atoms with Crippen molar-refractivity contribution in [2.75, 3.05) is 6.61 Å². The first-order valence-corrected chi connectivity index (χ1v) is 9.05. The van der Waals surface area contributed by atoms with Crippen molar-refractivity contribution in [3.05, 3.63) is 0 Å². The molecule has 1 aliphatic heterocycles. The summed E-state index contributed by atoms with van der Waals surface area (Å²) >= 11 is 0. The second-order valence-corrected chi connectivity index (χ2v) is 6.27. The van der Waals surface area contributed by atoms with Crippen molar-refractivity contribution in [3.8, 4) is 0 Å². The highest BCUT2D eigenvalue weighted by Gasteiger charge is 2.43. The summed E-state index contributed by atoms with van der Waals surface area (Å²) < 4.78 is 10.4. The molecule has 0 saturated carbocycles. The molecule has 0 aromatic heterocycles. The van der Waals surface area contributed by atoms with E-state index >= 15 is 0 Å².